The Morgan fingerprint density at radius 1 is 1.31 bits per heavy atom. The number of amides is 1. The SMILES string of the molecule is CN(C)CCOc1cccc(C(=O)N[C@H]2CCC[C@H](n3cnc4c(N)ncnc43)[C@H]2O)c1. The van der Waals surface area contributed by atoms with Gasteiger partial charge in [0.05, 0.1) is 24.5 Å². The topological polar surface area (TPSA) is 131 Å². The predicted octanol–water partition coefficient (Wildman–Crippen LogP) is 1.23. The van der Waals surface area contributed by atoms with Crippen molar-refractivity contribution in [1.29, 1.82) is 0 Å². The fourth-order valence-corrected chi connectivity index (χ4v) is 4.06. The van der Waals surface area contributed by atoms with Gasteiger partial charge in [0.1, 0.15) is 24.2 Å². The van der Waals surface area contributed by atoms with Gasteiger partial charge >= 0.3 is 0 Å². The molecule has 4 N–H and O–H groups in total. The molecule has 0 spiro atoms. The van der Waals surface area contributed by atoms with E-state index in [1.165, 1.54) is 6.33 Å². The molecule has 1 aliphatic rings. The molecular formula is C22H29N7O3. The Labute approximate surface area is 186 Å². The summed E-state index contributed by atoms with van der Waals surface area (Å²) < 4.78 is 7.56. The molecule has 32 heavy (non-hydrogen) atoms. The highest BCUT2D eigenvalue weighted by atomic mass is 16.5. The molecule has 0 aliphatic heterocycles. The summed E-state index contributed by atoms with van der Waals surface area (Å²) >= 11 is 0. The summed E-state index contributed by atoms with van der Waals surface area (Å²) in [6, 6.07) is 6.42. The minimum Gasteiger partial charge on any atom is -0.492 e. The minimum absolute atomic E-state index is 0.241. The second kappa shape index (κ2) is 9.49. The summed E-state index contributed by atoms with van der Waals surface area (Å²) in [5.74, 6) is 0.704. The number of carbonyl (C=O) groups excluding carboxylic acids is 1. The second-order valence-electron chi connectivity index (χ2n) is 8.33. The van der Waals surface area contributed by atoms with Crippen LogP contribution < -0.4 is 15.8 Å². The van der Waals surface area contributed by atoms with Crippen LogP contribution in [0.3, 0.4) is 0 Å². The smallest absolute Gasteiger partial charge is 0.251 e. The summed E-state index contributed by atoms with van der Waals surface area (Å²) in [7, 11) is 3.95. The first-order chi connectivity index (χ1) is 15.4. The molecule has 0 radical (unpaired) electrons. The molecule has 3 aromatic rings. The average Bonchev–Trinajstić information content (AvgIpc) is 3.20. The van der Waals surface area contributed by atoms with Gasteiger partial charge in [-0.3, -0.25) is 4.79 Å². The fourth-order valence-electron chi connectivity index (χ4n) is 4.06. The number of nitrogen functional groups attached to an aromatic ring is 1. The van der Waals surface area contributed by atoms with Gasteiger partial charge in [0, 0.05) is 12.1 Å². The molecule has 0 saturated heterocycles. The van der Waals surface area contributed by atoms with Crippen molar-refractivity contribution in [3.8, 4) is 5.75 Å². The van der Waals surface area contributed by atoms with Crippen LogP contribution in [-0.2, 0) is 0 Å². The number of benzene rings is 1. The van der Waals surface area contributed by atoms with E-state index in [0.29, 0.717) is 41.3 Å². The van der Waals surface area contributed by atoms with Gasteiger partial charge < -0.3 is 30.4 Å². The number of likely N-dealkylation sites (N-methyl/N-ethyl adjacent to an activating group) is 1. The van der Waals surface area contributed by atoms with Crippen molar-refractivity contribution >= 4 is 22.9 Å². The summed E-state index contributed by atoms with van der Waals surface area (Å²) in [5.41, 5.74) is 7.48. The summed E-state index contributed by atoms with van der Waals surface area (Å²) in [6.07, 6.45) is 4.51. The van der Waals surface area contributed by atoms with E-state index in [9.17, 15) is 9.90 Å². The minimum atomic E-state index is -0.791. The molecule has 3 atom stereocenters. The second-order valence-corrected chi connectivity index (χ2v) is 8.33. The Morgan fingerprint density at radius 2 is 2.16 bits per heavy atom. The zero-order chi connectivity index (χ0) is 22.7. The third-order valence-corrected chi connectivity index (χ3v) is 5.79. The van der Waals surface area contributed by atoms with Crippen molar-refractivity contribution < 1.29 is 14.6 Å². The van der Waals surface area contributed by atoms with E-state index >= 15 is 0 Å². The number of fused-ring (bicyclic) bond motifs is 1. The van der Waals surface area contributed by atoms with Crippen molar-refractivity contribution in [2.24, 2.45) is 0 Å². The van der Waals surface area contributed by atoms with E-state index in [-0.39, 0.29) is 11.9 Å². The largest absolute Gasteiger partial charge is 0.492 e. The standard InChI is InChI=1S/C22H29N7O3/c1-28(2)9-10-32-15-6-3-5-14(11-15)22(31)27-16-7-4-8-17(19(16)30)29-13-26-18-20(23)24-12-25-21(18)29/h3,5-6,11-13,16-17,19,30H,4,7-10H2,1-2H3,(H,27,31)(H2,23,24,25)/t16-,17-,19-/m0/s1. The summed E-state index contributed by atoms with van der Waals surface area (Å²) in [5, 5.41) is 14.1. The number of ether oxygens (including phenoxy) is 1. The van der Waals surface area contributed by atoms with Gasteiger partial charge in [-0.1, -0.05) is 6.07 Å². The molecule has 1 aromatic carbocycles. The van der Waals surface area contributed by atoms with E-state index in [2.05, 4.69) is 20.3 Å². The van der Waals surface area contributed by atoms with Gasteiger partial charge in [-0.25, -0.2) is 15.0 Å². The molecular weight excluding hydrogens is 410 g/mol. The molecule has 1 saturated carbocycles. The maximum Gasteiger partial charge on any atom is 0.251 e. The fraction of sp³-hybridized carbons (Fsp3) is 0.455. The number of rotatable bonds is 7. The van der Waals surface area contributed by atoms with Crippen molar-refractivity contribution in [2.75, 3.05) is 33.0 Å². The van der Waals surface area contributed by atoms with Crippen LogP contribution in [0.5, 0.6) is 5.75 Å². The average molecular weight is 440 g/mol. The number of nitrogens with zero attached hydrogens (tertiary/aromatic N) is 5. The number of aromatic nitrogens is 4. The van der Waals surface area contributed by atoms with E-state index in [0.717, 1.165) is 19.4 Å². The van der Waals surface area contributed by atoms with Gasteiger partial charge in [-0.15, -0.1) is 0 Å². The molecule has 0 bridgehead atoms. The Kier molecular flexibility index (Phi) is 6.52. The number of anilines is 1. The molecule has 170 valence electrons. The molecule has 4 rings (SSSR count). The van der Waals surface area contributed by atoms with E-state index in [1.807, 2.05) is 29.6 Å². The van der Waals surface area contributed by atoms with Gasteiger partial charge in [-0.2, -0.15) is 0 Å². The molecule has 1 fully saturated rings. The number of aliphatic hydroxyl groups excluding tert-OH is 1. The van der Waals surface area contributed by atoms with Crippen molar-refractivity contribution in [3.05, 3.63) is 42.5 Å². The maximum atomic E-state index is 12.9. The Hall–Kier alpha value is -3.24. The first-order valence-corrected chi connectivity index (χ1v) is 10.7. The van der Waals surface area contributed by atoms with Crippen LogP contribution in [0, 0.1) is 0 Å². The molecule has 2 heterocycles. The lowest BCUT2D eigenvalue weighted by molar-refractivity contribution is 0.0410. The maximum absolute atomic E-state index is 12.9. The Balaban J connectivity index is 1.45. The monoisotopic (exact) mass is 439 g/mol. The highest BCUT2D eigenvalue weighted by molar-refractivity contribution is 5.94. The lowest BCUT2D eigenvalue weighted by Gasteiger charge is -2.36. The van der Waals surface area contributed by atoms with E-state index in [4.69, 9.17) is 10.5 Å². The molecule has 1 aliphatic carbocycles. The van der Waals surface area contributed by atoms with Gasteiger partial charge in [-0.05, 0) is 51.6 Å². The molecule has 10 heteroatoms. The lowest BCUT2D eigenvalue weighted by Crippen LogP contribution is -2.49. The van der Waals surface area contributed by atoms with Crippen LogP contribution in [0.2, 0.25) is 0 Å². The van der Waals surface area contributed by atoms with Crippen LogP contribution in [-0.4, -0.2) is 74.8 Å². The molecule has 1 amide bonds. The summed E-state index contributed by atoms with van der Waals surface area (Å²) in [4.78, 5) is 27.5. The zero-order valence-corrected chi connectivity index (χ0v) is 18.3. The number of nitrogens with two attached hydrogens (primary N) is 1. The van der Waals surface area contributed by atoms with Crippen molar-refractivity contribution in [3.63, 3.8) is 0 Å². The highest BCUT2D eigenvalue weighted by Gasteiger charge is 2.35. The van der Waals surface area contributed by atoms with Crippen LogP contribution in [0.4, 0.5) is 5.82 Å². The third kappa shape index (κ3) is 4.66. The Morgan fingerprint density at radius 3 is 2.97 bits per heavy atom. The van der Waals surface area contributed by atoms with Crippen LogP contribution >= 0.6 is 0 Å². The van der Waals surface area contributed by atoms with Crippen molar-refractivity contribution in [1.82, 2.24) is 29.7 Å². The number of carbonyl (C=O) groups is 1. The van der Waals surface area contributed by atoms with Gasteiger partial charge in [0.2, 0.25) is 0 Å². The van der Waals surface area contributed by atoms with Gasteiger partial charge in [0.15, 0.2) is 11.5 Å². The highest BCUT2D eigenvalue weighted by Crippen LogP contribution is 2.32. The van der Waals surface area contributed by atoms with Crippen LogP contribution in [0.1, 0.15) is 35.7 Å². The van der Waals surface area contributed by atoms with Crippen LogP contribution in [0.15, 0.2) is 36.9 Å². The number of hydrogen-bond donors (Lipinski definition) is 3. The van der Waals surface area contributed by atoms with E-state index < -0.39 is 12.1 Å². The molecule has 2 aromatic heterocycles. The summed E-state index contributed by atoms with van der Waals surface area (Å²) in [6.45, 7) is 1.32. The quantitative estimate of drug-likeness (QED) is 0.501. The predicted molar refractivity (Wildman–Crippen MR) is 120 cm³/mol. The van der Waals surface area contributed by atoms with Gasteiger partial charge in [0.25, 0.3) is 5.91 Å². The number of hydrogen-bond acceptors (Lipinski definition) is 8. The Bertz CT molecular complexity index is 1080. The lowest BCUT2D eigenvalue weighted by atomic mass is 9.87. The molecule has 0 unspecified atom stereocenters. The first-order valence-electron chi connectivity index (χ1n) is 10.7. The first kappa shape index (κ1) is 22.0. The van der Waals surface area contributed by atoms with E-state index in [1.54, 1.807) is 24.5 Å². The third-order valence-electron chi connectivity index (χ3n) is 5.79. The molecule has 10 nitrogen and oxygen atoms in total. The normalized spacial score (nSPS) is 21.1. The number of nitrogens with one attached hydrogen (secondary N) is 1. The number of aliphatic hydroxyl groups is 1. The number of imidazole rings is 1. The van der Waals surface area contributed by atoms with Crippen LogP contribution in [0.25, 0.3) is 11.2 Å². The zero-order valence-electron chi connectivity index (χ0n) is 18.3. The van der Waals surface area contributed by atoms with Crippen molar-refractivity contribution in [2.45, 2.75) is 37.5 Å².